The van der Waals surface area contributed by atoms with Crippen molar-refractivity contribution in [2.24, 2.45) is 0 Å². The molecule has 3 N–H and O–H groups in total. The largest absolute Gasteiger partial charge is 0.490 e. The molecule has 2 aromatic carbocycles. The van der Waals surface area contributed by atoms with E-state index in [9.17, 15) is 18.8 Å². The lowest BCUT2D eigenvalue weighted by Crippen LogP contribution is -2.46. The van der Waals surface area contributed by atoms with Crippen LogP contribution in [0, 0.1) is 5.82 Å². The van der Waals surface area contributed by atoms with E-state index >= 15 is 0 Å². The summed E-state index contributed by atoms with van der Waals surface area (Å²) in [4.78, 5) is 35.9. The van der Waals surface area contributed by atoms with Crippen LogP contribution in [0.25, 0.3) is 0 Å². The lowest BCUT2D eigenvalue weighted by atomic mass is 10.1. The van der Waals surface area contributed by atoms with Gasteiger partial charge in [-0.2, -0.15) is 0 Å². The molecule has 2 rings (SSSR count). The second-order valence-corrected chi connectivity index (χ2v) is 6.11. The van der Waals surface area contributed by atoms with Gasteiger partial charge in [-0.25, -0.2) is 4.39 Å². The highest BCUT2D eigenvalue weighted by Crippen LogP contribution is 2.28. The molecule has 2 aromatic rings. The van der Waals surface area contributed by atoms with Crippen LogP contribution in [-0.2, 0) is 16.0 Å². The number of carbonyl (C=O) groups excluding carboxylic acids is 3. The van der Waals surface area contributed by atoms with Gasteiger partial charge in [-0.15, -0.1) is 0 Å². The van der Waals surface area contributed by atoms with Gasteiger partial charge in [0.1, 0.15) is 5.82 Å². The highest BCUT2D eigenvalue weighted by molar-refractivity contribution is 5.97. The summed E-state index contributed by atoms with van der Waals surface area (Å²) in [7, 11) is 0. The number of carbonyl (C=O) groups is 3. The van der Waals surface area contributed by atoms with Crippen molar-refractivity contribution in [2.45, 2.75) is 20.3 Å². The van der Waals surface area contributed by atoms with Crippen LogP contribution in [0.5, 0.6) is 11.5 Å². The molecular weight excluding hydrogens is 393 g/mol. The molecule has 0 spiro atoms. The Balaban J connectivity index is 1.81. The van der Waals surface area contributed by atoms with Gasteiger partial charge < -0.3 is 14.8 Å². The van der Waals surface area contributed by atoms with Gasteiger partial charge in [0.05, 0.1) is 26.2 Å². The fraction of sp³-hybridized carbons (Fsp3) is 0.286. The van der Waals surface area contributed by atoms with Crippen molar-refractivity contribution in [1.29, 1.82) is 0 Å². The predicted octanol–water partition coefficient (Wildman–Crippen LogP) is 1.74. The molecular formula is C21H24FN3O5. The van der Waals surface area contributed by atoms with E-state index in [-0.39, 0.29) is 13.0 Å². The Hall–Kier alpha value is -3.62. The molecule has 0 atom stereocenters. The van der Waals surface area contributed by atoms with Gasteiger partial charge >= 0.3 is 0 Å². The van der Waals surface area contributed by atoms with Crippen molar-refractivity contribution in [1.82, 2.24) is 16.2 Å². The first kappa shape index (κ1) is 22.7. The Morgan fingerprint density at radius 1 is 0.867 bits per heavy atom. The third-order valence-electron chi connectivity index (χ3n) is 3.83. The average Bonchev–Trinajstić information content (AvgIpc) is 2.73. The predicted molar refractivity (Wildman–Crippen MR) is 108 cm³/mol. The normalized spacial score (nSPS) is 10.1. The minimum Gasteiger partial charge on any atom is -0.490 e. The standard InChI is InChI=1S/C21H24FN3O5/c1-3-29-17-10-7-15(12-18(17)30-4-2)21(28)23-13-20(27)25-24-19(26)11-14-5-8-16(22)9-6-14/h5-10,12H,3-4,11,13H2,1-2H3,(H,23,28)(H,24,26)(H,25,27). The van der Waals surface area contributed by atoms with Crippen LogP contribution in [0.3, 0.4) is 0 Å². The molecule has 0 aliphatic rings. The molecule has 0 fully saturated rings. The quantitative estimate of drug-likeness (QED) is 0.539. The Labute approximate surface area is 173 Å². The first-order valence-electron chi connectivity index (χ1n) is 9.42. The highest BCUT2D eigenvalue weighted by Gasteiger charge is 2.13. The number of halogens is 1. The van der Waals surface area contributed by atoms with Crippen molar-refractivity contribution in [3.8, 4) is 11.5 Å². The summed E-state index contributed by atoms with van der Waals surface area (Å²) in [5, 5.41) is 2.46. The Bertz CT molecular complexity index is 887. The van der Waals surface area contributed by atoms with Crippen molar-refractivity contribution in [2.75, 3.05) is 19.8 Å². The molecule has 0 bridgehead atoms. The minimum atomic E-state index is -0.605. The van der Waals surface area contributed by atoms with Gasteiger partial charge in [-0.05, 0) is 49.7 Å². The molecule has 0 heterocycles. The smallest absolute Gasteiger partial charge is 0.257 e. The number of hydrogen-bond donors (Lipinski definition) is 3. The second kappa shape index (κ2) is 11.4. The van der Waals surface area contributed by atoms with Crippen molar-refractivity contribution in [3.05, 3.63) is 59.4 Å². The summed E-state index contributed by atoms with van der Waals surface area (Å²) in [6.45, 7) is 4.18. The number of hydrogen-bond acceptors (Lipinski definition) is 5. The zero-order chi connectivity index (χ0) is 21.9. The average molecular weight is 417 g/mol. The van der Waals surface area contributed by atoms with Crippen LogP contribution in [0.15, 0.2) is 42.5 Å². The number of ether oxygens (including phenoxy) is 2. The van der Waals surface area contributed by atoms with Crippen LogP contribution in [-0.4, -0.2) is 37.5 Å². The molecule has 0 saturated heterocycles. The maximum absolute atomic E-state index is 12.9. The first-order chi connectivity index (χ1) is 14.4. The summed E-state index contributed by atoms with van der Waals surface area (Å²) in [6.07, 6.45) is -0.0285. The number of benzene rings is 2. The number of hydrazine groups is 1. The molecule has 3 amide bonds. The summed E-state index contributed by atoms with van der Waals surface area (Å²) in [5.74, 6) is -1.00. The number of nitrogens with one attached hydrogen (secondary N) is 3. The minimum absolute atomic E-state index is 0.0285. The third-order valence-corrected chi connectivity index (χ3v) is 3.83. The first-order valence-corrected chi connectivity index (χ1v) is 9.42. The topological polar surface area (TPSA) is 106 Å². The summed E-state index contributed by atoms with van der Waals surface area (Å²) < 4.78 is 23.8. The summed E-state index contributed by atoms with van der Waals surface area (Å²) >= 11 is 0. The van der Waals surface area contributed by atoms with Crippen LogP contribution < -0.4 is 25.6 Å². The Morgan fingerprint density at radius 3 is 2.17 bits per heavy atom. The second-order valence-electron chi connectivity index (χ2n) is 6.11. The molecule has 0 unspecified atom stereocenters. The summed E-state index contributed by atoms with van der Waals surface area (Å²) in [5.41, 5.74) is 5.34. The van der Waals surface area contributed by atoms with E-state index in [4.69, 9.17) is 9.47 Å². The molecule has 30 heavy (non-hydrogen) atoms. The zero-order valence-electron chi connectivity index (χ0n) is 16.8. The van der Waals surface area contributed by atoms with E-state index in [0.717, 1.165) is 0 Å². The van der Waals surface area contributed by atoms with E-state index in [1.165, 1.54) is 30.3 Å². The van der Waals surface area contributed by atoms with Gasteiger partial charge in [0.15, 0.2) is 11.5 Å². The lowest BCUT2D eigenvalue weighted by molar-refractivity contribution is -0.128. The Kier molecular flexibility index (Phi) is 8.61. The molecule has 0 aromatic heterocycles. The van der Waals surface area contributed by atoms with Gasteiger partial charge in [0.25, 0.3) is 11.8 Å². The molecule has 0 radical (unpaired) electrons. The molecule has 0 saturated carbocycles. The number of amides is 3. The Morgan fingerprint density at radius 2 is 1.50 bits per heavy atom. The van der Waals surface area contributed by atoms with Gasteiger partial charge in [0, 0.05) is 5.56 Å². The van der Waals surface area contributed by atoms with Crippen LogP contribution in [0.4, 0.5) is 4.39 Å². The zero-order valence-corrected chi connectivity index (χ0v) is 16.8. The number of rotatable bonds is 9. The van der Waals surface area contributed by atoms with Crippen molar-refractivity contribution >= 4 is 17.7 Å². The van der Waals surface area contributed by atoms with Crippen LogP contribution in [0.1, 0.15) is 29.8 Å². The van der Waals surface area contributed by atoms with E-state index in [2.05, 4.69) is 16.2 Å². The third kappa shape index (κ3) is 7.08. The van der Waals surface area contributed by atoms with Gasteiger partial charge in [-0.1, -0.05) is 12.1 Å². The van der Waals surface area contributed by atoms with E-state index in [0.29, 0.717) is 35.8 Å². The molecule has 8 nitrogen and oxygen atoms in total. The van der Waals surface area contributed by atoms with Crippen molar-refractivity contribution in [3.63, 3.8) is 0 Å². The maximum atomic E-state index is 12.9. The maximum Gasteiger partial charge on any atom is 0.257 e. The van der Waals surface area contributed by atoms with Crippen LogP contribution >= 0.6 is 0 Å². The fourth-order valence-electron chi connectivity index (χ4n) is 2.47. The van der Waals surface area contributed by atoms with Gasteiger partial charge in [0.2, 0.25) is 5.91 Å². The van der Waals surface area contributed by atoms with Crippen LogP contribution in [0.2, 0.25) is 0 Å². The van der Waals surface area contributed by atoms with E-state index < -0.39 is 23.5 Å². The molecule has 0 aliphatic heterocycles. The van der Waals surface area contributed by atoms with Gasteiger partial charge in [-0.3, -0.25) is 25.2 Å². The molecule has 9 heteroatoms. The monoisotopic (exact) mass is 417 g/mol. The highest BCUT2D eigenvalue weighted by atomic mass is 19.1. The summed E-state index contributed by atoms with van der Waals surface area (Å²) in [6, 6.07) is 10.2. The van der Waals surface area contributed by atoms with E-state index in [1.54, 1.807) is 12.1 Å². The molecule has 0 aliphatic carbocycles. The van der Waals surface area contributed by atoms with Crippen molar-refractivity contribution < 1.29 is 28.2 Å². The fourth-order valence-corrected chi connectivity index (χ4v) is 2.47. The van der Waals surface area contributed by atoms with E-state index in [1.807, 2.05) is 13.8 Å². The SMILES string of the molecule is CCOc1ccc(C(=O)NCC(=O)NNC(=O)Cc2ccc(F)cc2)cc1OCC. The lowest BCUT2D eigenvalue weighted by Gasteiger charge is -2.12. The molecule has 160 valence electrons.